The first-order valence-corrected chi connectivity index (χ1v) is 8.84. The molecule has 1 aliphatic heterocycles. The molecular formula is C21H19F2N3O4. The lowest BCUT2D eigenvalue weighted by atomic mass is 10.1. The summed E-state index contributed by atoms with van der Waals surface area (Å²) in [6.45, 7) is 0.981. The first kappa shape index (κ1) is 21.0. The molecule has 7 nitrogen and oxygen atoms in total. The molecule has 0 aromatic heterocycles. The number of ether oxygens (including phenoxy) is 3. The fourth-order valence-corrected chi connectivity index (χ4v) is 3.00. The number of carbonyl (C=O) groups is 1. The number of anilines is 1. The SMILES string of the molecule is C=CCN1C(=O)/C(=N\N=C/c2cc(OC)c(OC(F)F)c(OC)c2)c2ccccc21. The van der Waals surface area contributed by atoms with E-state index in [9.17, 15) is 13.6 Å². The zero-order chi connectivity index (χ0) is 21.7. The summed E-state index contributed by atoms with van der Waals surface area (Å²) in [6, 6.07) is 10.1. The lowest BCUT2D eigenvalue weighted by Crippen LogP contribution is -2.30. The van der Waals surface area contributed by atoms with Crippen molar-refractivity contribution >= 4 is 23.5 Å². The number of benzene rings is 2. The highest BCUT2D eigenvalue weighted by atomic mass is 19.3. The third-order valence-electron chi connectivity index (χ3n) is 4.26. The van der Waals surface area contributed by atoms with Crippen LogP contribution in [0.2, 0.25) is 0 Å². The van der Waals surface area contributed by atoms with E-state index in [0.717, 1.165) is 5.69 Å². The number of fused-ring (bicyclic) bond motifs is 1. The van der Waals surface area contributed by atoms with Gasteiger partial charge in [0.2, 0.25) is 5.75 Å². The Kier molecular flexibility index (Phi) is 6.41. The van der Waals surface area contributed by atoms with Gasteiger partial charge in [0.1, 0.15) is 0 Å². The number of para-hydroxylation sites is 1. The molecule has 1 aliphatic rings. The predicted octanol–water partition coefficient (Wildman–Crippen LogP) is 3.66. The van der Waals surface area contributed by atoms with Crippen molar-refractivity contribution in [2.75, 3.05) is 25.7 Å². The molecule has 0 atom stereocenters. The van der Waals surface area contributed by atoms with Crippen LogP contribution in [-0.2, 0) is 4.79 Å². The Morgan fingerprint density at radius 1 is 1.17 bits per heavy atom. The topological polar surface area (TPSA) is 72.7 Å². The summed E-state index contributed by atoms with van der Waals surface area (Å²) in [5.41, 5.74) is 2.04. The fourth-order valence-electron chi connectivity index (χ4n) is 3.00. The van der Waals surface area contributed by atoms with Crippen LogP contribution in [0.5, 0.6) is 17.2 Å². The van der Waals surface area contributed by atoms with Crippen LogP contribution in [-0.4, -0.2) is 45.2 Å². The maximum atomic E-state index is 12.7. The van der Waals surface area contributed by atoms with E-state index < -0.39 is 6.61 Å². The number of hydrogen-bond acceptors (Lipinski definition) is 6. The van der Waals surface area contributed by atoms with Gasteiger partial charge in [0.15, 0.2) is 17.2 Å². The van der Waals surface area contributed by atoms with E-state index in [0.29, 0.717) is 17.7 Å². The van der Waals surface area contributed by atoms with Gasteiger partial charge in [0, 0.05) is 17.7 Å². The molecule has 2 aromatic rings. The third kappa shape index (κ3) is 4.14. The summed E-state index contributed by atoms with van der Waals surface area (Å²) in [4.78, 5) is 14.2. The first-order valence-electron chi connectivity index (χ1n) is 8.84. The molecule has 2 aromatic carbocycles. The van der Waals surface area contributed by atoms with Crippen LogP contribution < -0.4 is 19.1 Å². The molecule has 1 heterocycles. The van der Waals surface area contributed by atoms with Gasteiger partial charge >= 0.3 is 6.61 Å². The molecule has 3 rings (SSSR count). The van der Waals surface area contributed by atoms with Gasteiger partial charge in [-0.3, -0.25) is 4.79 Å². The van der Waals surface area contributed by atoms with E-state index in [-0.39, 0.29) is 28.9 Å². The number of rotatable bonds is 8. The van der Waals surface area contributed by atoms with Crippen molar-refractivity contribution in [1.82, 2.24) is 0 Å². The van der Waals surface area contributed by atoms with Crippen LogP contribution in [0.15, 0.2) is 59.3 Å². The molecule has 156 valence electrons. The second kappa shape index (κ2) is 9.17. The quantitative estimate of drug-likeness (QED) is 0.375. The molecule has 0 unspecified atom stereocenters. The van der Waals surface area contributed by atoms with E-state index in [1.165, 1.54) is 32.6 Å². The highest BCUT2D eigenvalue weighted by Gasteiger charge is 2.33. The molecule has 0 aliphatic carbocycles. The van der Waals surface area contributed by atoms with Crippen LogP contribution in [0.3, 0.4) is 0 Å². The van der Waals surface area contributed by atoms with Crippen molar-refractivity contribution in [2.24, 2.45) is 10.2 Å². The second-order valence-electron chi connectivity index (χ2n) is 6.05. The Bertz CT molecular complexity index is 996. The molecule has 9 heteroatoms. The molecule has 30 heavy (non-hydrogen) atoms. The largest absolute Gasteiger partial charge is 0.493 e. The van der Waals surface area contributed by atoms with Gasteiger partial charge in [0.25, 0.3) is 5.91 Å². The van der Waals surface area contributed by atoms with E-state index in [2.05, 4.69) is 21.5 Å². The van der Waals surface area contributed by atoms with Crippen molar-refractivity contribution < 1.29 is 27.8 Å². The monoisotopic (exact) mass is 415 g/mol. The van der Waals surface area contributed by atoms with Crippen LogP contribution in [0, 0.1) is 0 Å². The molecule has 0 fully saturated rings. The number of nitrogens with zero attached hydrogens (tertiary/aromatic N) is 3. The molecule has 0 spiro atoms. The molecule has 0 bridgehead atoms. The van der Waals surface area contributed by atoms with Gasteiger partial charge < -0.3 is 19.1 Å². The summed E-state index contributed by atoms with van der Waals surface area (Å²) < 4.78 is 40.0. The van der Waals surface area contributed by atoms with Crippen molar-refractivity contribution in [3.05, 3.63) is 60.2 Å². The Morgan fingerprint density at radius 3 is 2.43 bits per heavy atom. The maximum absolute atomic E-state index is 12.7. The summed E-state index contributed by atoms with van der Waals surface area (Å²) in [5.74, 6) is -0.422. The average molecular weight is 415 g/mol. The minimum absolute atomic E-state index is 0.0446. The smallest absolute Gasteiger partial charge is 0.387 e. The van der Waals surface area contributed by atoms with Crippen molar-refractivity contribution in [2.45, 2.75) is 6.61 Å². The average Bonchev–Trinajstić information content (AvgIpc) is 3.00. The van der Waals surface area contributed by atoms with Gasteiger partial charge in [0.05, 0.1) is 26.1 Å². The number of carbonyl (C=O) groups excluding carboxylic acids is 1. The number of alkyl halides is 2. The number of methoxy groups -OCH3 is 2. The molecule has 1 amide bonds. The number of amides is 1. The highest BCUT2D eigenvalue weighted by molar-refractivity contribution is 6.54. The molecule has 0 radical (unpaired) electrons. The highest BCUT2D eigenvalue weighted by Crippen LogP contribution is 2.39. The van der Waals surface area contributed by atoms with Crippen LogP contribution in [0.1, 0.15) is 11.1 Å². The first-order chi connectivity index (χ1) is 14.5. The third-order valence-corrected chi connectivity index (χ3v) is 4.26. The van der Waals surface area contributed by atoms with E-state index in [4.69, 9.17) is 9.47 Å². The van der Waals surface area contributed by atoms with Gasteiger partial charge in [-0.1, -0.05) is 24.3 Å². The minimum atomic E-state index is -3.04. The minimum Gasteiger partial charge on any atom is -0.493 e. The normalized spacial score (nSPS) is 14.5. The lowest BCUT2D eigenvalue weighted by Gasteiger charge is -2.14. The van der Waals surface area contributed by atoms with E-state index >= 15 is 0 Å². The van der Waals surface area contributed by atoms with Crippen molar-refractivity contribution in [1.29, 1.82) is 0 Å². The van der Waals surface area contributed by atoms with Gasteiger partial charge in [-0.2, -0.15) is 13.9 Å². The van der Waals surface area contributed by atoms with Gasteiger partial charge in [-0.05, 0) is 18.2 Å². The second-order valence-corrected chi connectivity index (χ2v) is 6.05. The summed E-state index contributed by atoms with van der Waals surface area (Å²) in [6.07, 6.45) is 2.98. The fraction of sp³-hybridized carbons (Fsp3) is 0.190. The van der Waals surface area contributed by atoms with E-state index in [1.54, 1.807) is 23.1 Å². The molecule has 0 saturated carbocycles. The maximum Gasteiger partial charge on any atom is 0.387 e. The zero-order valence-corrected chi connectivity index (χ0v) is 16.3. The van der Waals surface area contributed by atoms with E-state index in [1.807, 2.05) is 12.1 Å². The summed E-state index contributed by atoms with van der Waals surface area (Å²) >= 11 is 0. The molecule has 0 saturated heterocycles. The number of halogens is 2. The summed E-state index contributed by atoms with van der Waals surface area (Å²) in [7, 11) is 2.63. The molecular weight excluding hydrogens is 396 g/mol. The van der Waals surface area contributed by atoms with Gasteiger partial charge in [-0.15, -0.1) is 11.7 Å². The van der Waals surface area contributed by atoms with Gasteiger partial charge in [-0.25, -0.2) is 0 Å². The zero-order valence-electron chi connectivity index (χ0n) is 16.3. The Labute approximate surface area is 171 Å². The number of hydrogen-bond donors (Lipinski definition) is 0. The lowest BCUT2D eigenvalue weighted by molar-refractivity contribution is -0.112. The summed E-state index contributed by atoms with van der Waals surface area (Å²) in [5, 5.41) is 8.08. The van der Waals surface area contributed by atoms with Crippen molar-refractivity contribution in [3.63, 3.8) is 0 Å². The Balaban J connectivity index is 1.93. The predicted molar refractivity (Wildman–Crippen MR) is 109 cm³/mol. The standard InChI is InChI=1S/C21H19F2N3O4/c1-4-9-26-15-8-6-5-7-14(15)18(20(26)27)25-24-12-13-10-16(28-2)19(30-21(22)23)17(11-13)29-3/h4-8,10-12,21H,1,9H2,2-3H3/b24-12-,25-18-. The van der Waals surface area contributed by atoms with Crippen LogP contribution >= 0.6 is 0 Å². The van der Waals surface area contributed by atoms with Crippen LogP contribution in [0.4, 0.5) is 14.5 Å². The van der Waals surface area contributed by atoms with Crippen molar-refractivity contribution in [3.8, 4) is 17.2 Å². The molecule has 0 N–H and O–H groups in total. The Morgan fingerprint density at radius 2 is 1.83 bits per heavy atom. The van der Waals surface area contributed by atoms with Crippen LogP contribution in [0.25, 0.3) is 0 Å². The Hall–Kier alpha value is -3.75.